The second-order valence-corrected chi connectivity index (χ2v) is 4.49. The van der Waals surface area contributed by atoms with Crippen LogP contribution >= 0.6 is 0 Å². The van der Waals surface area contributed by atoms with Crippen LogP contribution in [0.5, 0.6) is 5.88 Å². The molecule has 1 aromatic heterocycles. The minimum Gasteiger partial charge on any atom is -0.477 e. The number of nitrogens with one attached hydrogen (secondary N) is 1. The minimum absolute atomic E-state index is 0.660. The summed E-state index contributed by atoms with van der Waals surface area (Å²) in [5.41, 5.74) is 2.10. The summed E-state index contributed by atoms with van der Waals surface area (Å²) in [7, 11) is 4.12. The summed E-state index contributed by atoms with van der Waals surface area (Å²) in [6.07, 6.45) is 1.00. The van der Waals surface area contributed by atoms with Crippen LogP contribution in [0.15, 0.2) is 36.4 Å². The van der Waals surface area contributed by atoms with Crippen LogP contribution in [0.4, 0.5) is 0 Å². The molecule has 2 rings (SSSR count). The standard InChI is InChI=1S/C14H19N3O/c1-17(2)9-6-10-18-14-11-13(15-16-14)12-7-4-3-5-8-12/h3-5,7-8,11H,6,9-10H2,1-2H3,(H,15,16). The van der Waals surface area contributed by atoms with Crippen LogP contribution in [0.2, 0.25) is 0 Å². The van der Waals surface area contributed by atoms with E-state index in [2.05, 4.69) is 29.2 Å². The third-order valence-electron chi connectivity index (χ3n) is 2.64. The molecule has 0 fully saturated rings. The molecule has 0 saturated heterocycles. The molecule has 0 bridgehead atoms. The lowest BCUT2D eigenvalue weighted by molar-refractivity contribution is 0.273. The molecule has 0 amide bonds. The van der Waals surface area contributed by atoms with Crippen molar-refractivity contribution in [1.29, 1.82) is 0 Å². The number of benzene rings is 1. The van der Waals surface area contributed by atoms with E-state index in [9.17, 15) is 0 Å². The Morgan fingerprint density at radius 2 is 2.00 bits per heavy atom. The maximum absolute atomic E-state index is 5.59. The summed E-state index contributed by atoms with van der Waals surface area (Å²) < 4.78 is 5.59. The van der Waals surface area contributed by atoms with E-state index < -0.39 is 0 Å². The van der Waals surface area contributed by atoms with Gasteiger partial charge in [-0.25, -0.2) is 0 Å². The summed E-state index contributed by atoms with van der Waals surface area (Å²) >= 11 is 0. The number of hydrogen-bond acceptors (Lipinski definition) is 3. The highest BCUT2D eigenvalue weighted by Gasteiger charge is 2.03. The van der Waals surface area contributed by atoms with E-state index >= 15 is 0 Å². The van der Waals surface area contributed by atoms with E-state index in [0.717, 1.165) is 24.2 Å². The zero-order chi connectivity index (χ0) is 12.8. The molecule has 0 radical (unpaired) electrons. The molecule has 0 spiro atoms. The first-order valence-corrected chi connectivity index (χ1v) is 6.14. The number of rotatable bonds is 6. The van der Waals surface area contributed by atoms with Crippen LogP contribution in [-0.2, 0) is 0 Å². The van der Waals surface area contributed by atoms with Gasteiger partial charge in [-0.05, 0) is 26.1 Å². The number of aromatic nitrogens is 2. The highest BCUT2D eigenvalue weighted by Crippen LogP contribution is 2.20. The van der Waals surface area contributed by atoms with Crippen molar-refractivity contribution in [2.75, 3.05) is 27.2 Å². The molecule has 0 aliphatic rings. The van der Waals surface area contributed by atoms with E-state index in [1.165, 1.54) is 0 Å². The van der Waals surface area contributed by atoms with Gasteiger partial charge in [0.2, 0.25) is 5.88 Å². The Bertz CT molecular complexity index is 465. The molecule has 1 aromatic carbocycles. The first kappa shape index (κ1) is 12.6. The maximum atomic E-state index is 5.59. The number of ether oxygens (including phenoxy) is 1. The first-order valence-electron chi connectivity index (χ1n) is 6.14. The Kier molecular flexibility index (Phi) is 4.36. The van der Waals surface area contributed by atoms with Gasteiger partial charge in [0.25, 0.3) is 0 Å². The Morgan fingerprint density at radius 1 is 1.22 bits per heavy atom. The van der Waals surface area contributed by atoms with Crippen LogP contribution in [0, 0.1) is 0 Å². The number of hydrogen-bond donors (Lipinski definition) is 1. The second kappa shape index (κ2) is 6.21. The zero-order valence-electron chi connectivity index (χ0n) is 10.9. The van der Waals surface area contributed by atoms with Crippen molar-refractivity contribution in [1.82, 2.24) is 15.1 Å². The Morgan fingerprint density at radius 3 is 2.72 bits per heavy atom. The van der Waals surface area contributed by atoms with Crippen LogP contribution in [0.25, 0.3) is 11.3 Å². The first-order chi connectivity index (χ1) is 8.75. The minimum atomic E-state index is 0.660. The van der Waals surface area contributed by atoms with Gasteiger partial charge in [0, 0.05) is 12.6 Å². The zero-order valence-corrected chi connectivity index (χ0v) is 10.9. The normalized spacial score (nSPS) is 10.8. The van der Waals surface area contributed by atoms with Gasteiger partial charge in [-0.2, -0.15) is 0 Å². The van der Waals surface area contributed by atoms with Gasteiger partial charge in [-0.3, -0.25) is 5.10 Å². The van der Waals surface area contributed by atoms with Gasteiger partial charge in [0.05, 0.1) is 12.3 Å². The number of H-pyrrole nitrogens is 1. The fraction of sp³-hybridized carbons (Fsp3) is 0.357. The summed E-state index contributed by atoms with van der Waals surface area (Å²) in [5.74, 6) is 0.660. The molecule has 0 aliphatic heterocycles. The number of aromatic amines is 1. The smallest absolute Gasteiger partial charge is 0.233 e. The molecule has 0 atom stereocenters. The fourth-order valence-electron chi connectivity index (χ4n) is 1.70. The molecule has 0 saturated carbocycles. The van der Waals surface area contributed by atoms with Gasteiger partial charge < -0.3 is 9.64 Å². The van der Waals surface area contributed by atoms with Crippen LogP contribution in [0.1, 0.15) is 6.42 Å². The molecule has 96 valence electrons. The average molecular weight is 245 g/mol. The molecule has 0 aliphatic carbocycles. The van der Waals surface area contributed by atoms with Gasteiger partial charge in [0.15, 0.2) is 0 Å². The maximum Gasteiger partial charge on any atom is 0.233 e. The predicted molar refractivity (Wildman–Crippen MR) is 72.7 cm³/mol. The molecule has 0 unspecified atom stereocenters. The molecular weight excluding hydrogens is 226 g/mol. The van der Waals surface area contributed by atoms with Gasteiger partial charge in [0.1, 0.15) is 0 Å². The third kappa shape index (κ3) is 3.60. The van der Waals surface area contributed by atoms with Gasteiger partial charge in [-0.15, -0.1) is 5.10 Å². The summed E-state index contributed by atoms with van der Waals surface area (Å²) in [6, 6.07) is 12.0. The van der Waals surface area contributed by atoms with E-state index in [1.807, 2.05) is 36.4 Å². The average Bonchev–Trinajstić information content (AvgIpc) is 2.84. The largest absolute Gasteiger partial charge is 0.477 e. The fourth-order valence-corrected chi connectivity index (χ4v) is 1.70. The molecule has 1 heterocycles. The van der Waals surface area contributed by atoms with E-state index in [4.69, 9.17) is 4.74 Å². The van der Waals surface area contributed by atoms with E-state index in [1.54, 1.807) is 0 Å². The predicted octanol–water partition coefficient (Wildman–Crippen LogP) is 2.41. The lowest BCUT2D eigenvalue weighted by atomic mass is 10.2. The van der Waals surface area contributed by atoms with Gasteiger partial charge in [-0.1, -0.05) is 30.3 Å². The Hall–Kier alpha value is -1.81. The van der Waals surface area contributed by atoms with Crippen molar-refractivity contribution in [2.24, 2.45) is 0 Å². The Balaban J connectivity index is 1.87. The van der Waals surface area contributed by atoms with Crippen LogP contribution in [-0.4, -0.2) is 42.3 Å². The van der Waals surface area contributed by atoms with Crippen molar-refractivity contribution in [2.45, 2.75) is 6.42 Å². The topological polar surface area (TPSA) is 41.1 Å². The Labute approximate surface area is 108 Å². The summed E-state index contributed by atoms with van der Waals surface area (Å²) in [4.78, 5) is 2.14. The molecule has 4 heteroatoms. The van der Waals surface area contributed by atoms with Crippen molar-refractivity contribution >= 4 is 0 Å². The number of nitrogens with zero attached hydrogens (tertiary/aromatic N) is 2. The highest BCUT2D eigenvalue weighted by atomic mass is 16.5. The van der Waals surface area contributed by atoms with Crippen LogP contribution in [0.3, 0.4) is 0 Å². The highest BCUT2D eigenvalue weighted by molar-refractivity contribution is 5.59. The van der Waals surface area contributed by atoms with Crippen LogP contribution < -0.4 is 4.74 Å². The third-order valence-corrected chi connectivity index (χ3v) is 2.64. The summed E-state index contributed by atoms with van der Waals surface area (Å²) in [6.45, 7) is 1.72. The van der Waals surface area contributed by atoms with Gasteiger partial charge >= 0.3 is 0 Å². The van der Waals surface area contributed by atoms with Crippen molar-refractivity contribution < 1.29 is 4.74 Å². The van der Waals surface area contributed by atoms with Crippen molar-refractivity contribution in [3.63, 3.8) is 0 Å². The van der Waals surface area contributed by atoms with Crippen molar-refractivity contribution in [3.8, 4) is 17.1 Å². The molecule has 18 heavy (non-hydrogen) atoms. The SMILES string of the molecule is CN(C)CCCOc1cc(-c2ccccc2)[nH]n1. The van der Waals surface area contributed by atoms with E-state index in [0.29, 0.717) is 12.5 Å². The lowest BCUT2D eigenvalue weighted by Gasteiger charge is -2.08. The second-order valence-electron chi connectivity index (χ2n) is 4.49. The molecule has 1 N–H and O–H groups in total. The van der Waals surface area contributed by atoms with Crippen molar-refractivity contribution in [3.05, 3.63) is 36.4 Å². The van der Waals surface area contributed by atoms with E-state index in [-0.39, 0.29) is 0 Å². The monoisotopic (exact) mass is 245 g/mol. The quantitative estimate of drug-likeness (QED) is 0.795. The summed E-state index contributed by atoms with van der Waals surface area (Å²) in [5, 5.41) is 7.13. The lowest BCUT2D eigenvalue weighted by Crippen LogP contribution is -2.15. The molecule has 2 aromatic rings. The molecule has 4 nitrogen and oxygen atoms in total. The molecular formula is C14H19N3O.